The number of aromatic nitrogens is 4. The largest absolute Gasteiger partial charge is 0.240 e. The van der Waals surface area contributed by atoms with Gasteiger partial charge in [-0.1, -0.05) is 55.4 Å². The third-order valence-corrected chi connectivity index (χ3v) is 6.52. The SMILES string of the molecule is CCCCc1ccc(-n2nnnc2SCCNS(=O)(=O)c2ccccc2)cc1. The molecule has 0 atom stereocenters. The summed E-state index contributed by atoms with van der Waals surface area (Å²) >= 11 is 1.40. The minimum atomic E-state index is -3.50. The van der Waals surface area contributed by atoms with Gasteiger partial charge in [0.05, 0.1) is 10.6 Å². The lowest BCUT2D eigenvalue weighted by molar-refractivity contribution is 0.584. The summed E-state index contributed by atoms with van der Waals surface area (Å²) in [7, 11) is -3.50. The Morgan fingerprint density at radius 3 is 2.54 bits per heavy atom. The van der Waals surface area contributed by atoms with Crippen LogP contribution in [0.4, 0.5) is 0 Å². The van der Waals surface area contributed by atoms with Crippen molar-refractivity contribution in [1.82, 2.24) is 24.9 Å². The maximum absolute atomic E-state index is 12.2. The summed E-state index contributed by atoms with van der Waals surface area (Å²) in [4.78, 5) is 0.257. The van der Waals surface area contributed by atoms with Crippen LogP contribution in [0.1, 0.15) is 25.3 Å². The lowest BCUT2D eigenvalue weighted by Crippen LogP contribution is -2.26. The molecule has 0 amide bonds. The van der Waals surface area contributed by atoms with Gasteiger partial charge in [0, 0.05) is 12.3 Å². The molecule has 0 saturated carbocycles. The molecular weight excluding hydrogens is 394 g/mol. The summed E-state index contributed by atoms with van der Waals surface area (Å²) in [6.07, 6.45) is 3.41. The summed E-state index contributed by atoms with van der Waals surface area (Å²) in [6.45, 7) is 2.46. The van der Waals surface area contributed by atoms with Crippen molar-refractivity contribution in [3.05, 3.63) is 60.2 Å². The third kappa shape index (κ3) is 5.40. The van der Waals surface area contributed by atoms with E-state index in [9.17, 15) is 8.42 Å². The number of tetrazole rings is 1. The van der Waals surface area contributed by atoms with E-state index < -0.39 is 10.0 Å². The van der Waals surface area contributed by atoms with Crippen molar-refractivity contribution in [2.75, 3.05) is 12.3 Å². The molecule has 1 heterocycles. The first-order valence-electron chi connectivity index (χ1n) is 9.15. The van der Waals surface area contributed by atoms with E-state index in [0.29, 0.717) is 10.9 Å². The van der Waals surface area contributed by atoms with Crippen molar-refractivity contribution >= 4 is 21.8 Å². The zero-order valence-electron chi connectivity index (χ0n) is 15.7. The summed E-state index contributed by atoms with van der Waals surface area (Å²) in [5, 5.41) is 12.5. The molecule has 0 radical (unpaired) electrons. The average molecular weight is 418 g/mol. The van der Waals surface area contributed by atoms with Crippen LogP contribution < -0.4 is 4.72 Å². The van der Waals surface area contributed by atoms with Gasteiger partial charge in [-0.2, -0.15) is 4.68 Å². The van der Waals surface area contributed by atoms with Gasteiger partial charge in [-0.25, -0.2) is 13.1 Å². The highest BCUT2D eigenvalue weighted by atomic mass is 32.2. The van der Waals surface area contributed by atoms with Crippen molar-refractivity contribution < 1.29 is 8.42 Å². The van der Waals surface area contributed by atoms with E-state index in [2.05, 4.69) is 39.3 Å². The number of benzene rings is 2. The van der Waals surface area contributed by atoms with Crippen LogP contribution in [0.3, 0.4) is 0 Å². The van der Waals surface area contributed by atoms with E-state index in [4.69, 9.17) is 0 Å². The quantitative estimate of drug-likeness (QED) is 0.403. The first-order chi connectivity index (χ1) is 13.6. The molecule has 0 bridgehead atoms. The first-order valence-corrected chi connectivity index (χ1v) is 11.6. The molecule has 1 aromatic heterocycles. The summed E-state index contributed by atoms with van der Waals surface area (Å²) < 4.78 is 28.7. The van der Waals surface area contributed by atoms with Crippen molar-refractivity contribution in [1.29, 1.82) is 0 Å². The standard InChI is InChI=1S/C19H23N5O2S2/c1-2-3-7-16-10-12-17(13-11-16)24-19(21-22-23-24)27-15-14-20-28(25,26)18-8-5-4-6-9-18/h4-6,8-13,20H,2-3,7,14-15H2,1H3. The molecule has 0 aliphatic heterocycles. The van der Waals surface area contributed by atoms with Gasteiger partial charge in [-0.3, -0.25) is 0 Å². The number of aryl methyl sites for hydroxylation is 1. The first kappa shape index (κ1) is 20.5. The van der Waals surface area contributed by atoms with E-state index in [1.165, 1.54) is 30.2 Å². The van der Waals surface area contributed by atoms with Crippen LogP contribution in [0.5, 0.6) is 0 Å². The Kier molecular flexibility index (Phi) is 7.18. The van der Waals surface area contributed by atoms with Crippen LogP contribution in [-0.4, -0.2) is 40.9 Å². The van der Waals surface area contributed by atoms with Crippen LogP contribution in [0.2, 0.25) is 0 Å². The lowest BCUT2D eigenvalue weighted by Gasteiger charge is -2.07. The highest BCUT2D eigenvalue weighted by molar-refractivity contribution is 7.99. The Bertz CT molecular complexity index is 973. The van der Waals surface area contributed by atoms with E-state index in [1.807, 2.05) is 12.1 Å². The molecule has 0 aliphatic carbocycles. The molecule has 0 unspecified atom stereocenters. The van der Waals surface area contributed by atoms with E-state index in [1.54, 1.807) is 35.0 Å². The molecule has 0 fully saturated rings. The predicted molar refractivity (Wildman–Crippen MR) is 110 cm³/mol. The van der Waals surface area contributed by atoms with Crippen LogP contribution >= 0.6 is 11.8 Å². The third-order valence-electron chi connectivity index (χ3n) is 4.12. The molecular formula is C19H23N5O2S2. The fraction of sp³-hybridized carbons (Fsp3) is 0.316. The van der Waals surface area contributed by atoms with Crippen LogP contribution in [0.15, 0.2) is 64.6 Å². The number of thioether (sulfide) groups is 1. The summed E-state index contributed by atoms with van der Waals surface area (Å²) in [6, 6.07) is 16.5. The molecule has 0 saturated heterocycles. The molecule has 7 nitrogen and oxygen atoms in total. The normalized spacial score (nSPS) is 11.6. The smallest absolute Gasteiger partial charge is 0.210 e. The average Bonchev–Trinajstić information content (AvgIpc) is 3.19. The second kappa shape index (κ2) is 9.81. The molecule has 1 N–H and O–H groups in total. The Morgan fingerprint density at radius 2 is 1.82 bits per heavy atom. The van der Waals surface area contributed by atoms with Gasteiger partial charge in [0.1, 0.15) is 0 Å². The topological polar surface area (TPSA) is 89.8 Å². The lowest BCUT2D eigenvalue weighted by atomic mass is 10.1. The second-order valence-electron chi connectivity index (χ2n) is 6.20. The van der Waals surface area contributed by atoms with Gasteiger partial charge in [-0.15, -0.1) is 5.10 Å². The van der Waals surface area contributed by atoms with Crippen LogP contribution in [0.25, 0.3) is 5.69 Å². The maximum atomic E-state index is 12.2. The predicted octanol–water partition coefficient (Wildman–Crippen LogP) is 3.08. The number of hydrogen-bond donors (Lipinski definition) is 1. The van der Waals surface area contributed by atoms with Crippen molar-refractivity contribution in [3.63, 3.8) is 0 Å². The van der Waals surface area contributed by atoms with E-state index in [-0.39, 0.29) is 11.4 Å². The molecule has 0 aliphatic rings. The van der Waals surface area contributed by atoms with Crippen LogP contribution in [0, 0.1) is 0 Å². The fourth-order valence-electron chi connectivity index (χ4n) is 2.62. The van der Waals surface area contributed by atoms with E-state index >= 15 is 0 Å². The zero-order chi connectivity index (χ0) is 19.8. The van der Waals surface area contributed by atoms with Crippen LogP contribution in [-0.2, 0) is 16.4 Å². The number of rotatable bonds is 10. The van der Waals surface area contributed by atoms with Gasteiger partial charge in [0.25, 0.3) is 0 Å². The van der Waals surface area contributed by atoms with Gasteiger partial charge in [-0.05, 0) is 53.1 Å². The molecule has 9 heteroatoms. The highest BCUT2D eigenvalue weighted by Gasteiger charge is 2.13. The Balaban J connectivity index is 1.56. The number of nitrogens with one attached hydrogen (secondary N) is 1. The fourth-order valence-corrected chi connectivity index (χ4v) is 4.54. The molecule has 28 heavy (non-hydrogen) atoms. The molecule has 148 valence electrons. The Morgan fingerprint density at radius 1 is 1.07 bits per heavy atom. The molecule has 3 aromatic rings. The number of sulfonamides is 1. The minimum Gasteiger partial charge on any atom is -0.210 e. The van der Waals surface area contributed by atoms with E-state index in [0.717, 1.165) is 12.1 Å². The summed E-state index contributed by atoms with van der Waals surface area (Å²) in [5.41, 5.74) is 2.18. The van der Waals surface area contributed by atoms with Gasteiger partial charge in [0.15, 0.2) is 0 Å². The molecule has 2 aromatic carbocycles. The summed E-state index contributed by atoms with van der Waals surface area (Å²) in [5.74, 6) is 0.515. The zero-order valence-corrected chi connectivity index (χ0v) is 17.3. The molecule has 0 spiro atoms. The number of hydrogen-bond acceptors (Lipinski definition) is 6. The van der Waals surface area contributed by atoms with Gasteiger partial charge in [0.2, 0.25) is 15.2 Å². The Hall–Kier alpha value is -2.23. The monoisotopic (exact) mass is 417 g/mol. The van der Waals surface area contributed by atoms with Crippen molar-refractivity contribution in [2.45, 2.75) is 36.2 Å². The number of unbranched alkanes of at least 4 members (excludes halogenated alkanes) is 1. The van der Waals surface area contributed by atoms with Gasteiger partial charge >= 0.3 is 0 Å². The van der Waals surface area contributed by atoms with Crippen molar-refractivity contribution in [2.24, 2.45) is 0 Å². The highest BCUT2D eigenvalue weighted by Crippen LogP contribution is 2.19. The maximum Gasteiger partial charge on any atom is 0.240 e. The molecule has 3 rings (SSSR count). The van der Waals surface area contributed by atoms with Crippen molar-refractivity contribution in [3.8, 4) is 5.69 Å². The minimum absolute atomic E-state index is 0.257. The van der Waals surface area contributed by atoms with Gasteiger partial charge < -0.3 is 0 Å². The Labute approximate surface area is 169 Å². The number of nitrogens with zero attached hydrogens (tertiary/aromatic N) is 4. The second-order valence-corrected chi connectivity index (χ2v) is 9.03.